The molecule has 0 heterocycles. The molecule has 2 nitrogen and oxygen atoms in total. The summed E-state index contributed by atoms with van der Waals surface area (Å²) in [5, 5.41) is 0. The van der Waals surface area contributed by atoms with E-state index in [2.05, 4.69) is 0 Å². The summed E-state index contributed by atoms with van der Waals surface area (Å²) in [6.07, 6.45) is 6.56. The van der Waals surface area contributed by atoms with Crippen LogP contribution in [0.1, 0.15) is 0 Å². The van der Waals surface area contributed by atoms with Gasteiger partial charge in [0, 0.05) is 46.6 Å². The molecule has 7 heteroatoms. The minimum atomic E-state index is -0.611. The van der Waals surface area contributed by atoms with Crippen LogP contribution in [-0.2, 0) is 21.6 Å². The van der Waals surface area contributed by atoms with Gasteiger partial charge in [0.2, 0.25) is 0 Å². The highest BCUT2D eigenvalue weighted by molar-refractivity contribution is 7.83. The first-order valence-electron chi connectivity index (χ1n) is 3.08. The minimum absolute atomic E-state index is 0.309. The van der Waals surface area contributed by atoms with Crippen LogP contribution in [-0.4, -0.2) is 44.2 Å². The molecule has 0 spiro atoms. The molecule has 13 heavy (non-hydrogen) atoms. The van der Waals surface area contributed by atoms with Gasteiger partial charge in [-0.15, -0.1) is 34.8 Å². The smallest absolute Gasteiger partial charge is 0.121 e. The van der Waals surface area contributed by atoms with Crippen molar-refractivity contribution in [3.63, 3.8) is 0 Å². The lowest BCUT2D eigenvalue weighted by atomic mass is 10.9. The molecule has 0 aromatic heterocycles. The largest absolute Gasteiger partial charge is 0.260 e. The lowest BCUT2D eigenvalue weighted by Crippen LogP contribution is -1.82. The van der Waals surface area contributed by atoms with Crippen molar-refractivity contribution >= 4 is 56.4 Å². The summed E-state index contributed by atoms with van der Waals surface area (Å²) in [7, 11) is -1.22. The van der Waals surface area contributed by atoms with E-state index in [4.69, 9.17) is 34.8 Å². The highest BCUT2D eigenvalue weighted by atomic mass is 35.5. The summed E-state index contributed by atoms with van der Waals surface area (Å²) >= 11 is 15.3. The zero-order chi connectivity index (χ0) is 11.4. The molecule has 0 aromatic rings. The lowest BCUT2D eigenvalue weighted by molar-refractivity contribution is 0.689. The van der Waals surface area contributed by atoms with Gasteiger partial charge in [-0.2, -0.15) is 0 Å². The van der Waals surface area contributed by atoms with Crippen LogP contribution in [0.2, 0.25) is 0 Å². The molecule has 0 saturated carbocycles. The van der Waals surface area contributed by atoms with Crippen LogP contribution >= 0.6 is 34.8 Å². The van der Waals surface area contributed by atoms with E-state index in [0.717, 1.165) is 0 Å². The number of hydrogen-bond acceptors (Lipinski definition) is 2. The van der Waals surface area contributed by atoms with Gasteiger partial charge < -0.3 is 0 Å². The third-order valence-electron chi connectivity index (χ3n) is 0.117. The van der Waals surface area contributed by atoms with E-state index in [1.807, 2.05) is 0 Å². The summed E-state index contributed by atoms with van der Waals surface area (Å²) in [6.45, 7) is 0. The quantitative estimate of drug-likeness (QED) is 0.692. The predicted octanol–water partition coefficient (Wildman–Crippen LogP) is 2.02. The molecule has 0 aliphatic heterocycles. The Morgan fingerprint density at radius 1 is 1.00 bits per heavy atom. The Morgan fingerprint density at radius 2 is 1.08 bits per heavy atom. The van der Waals surface area contributed by atoms with E-state index in [0.29, 0.717) is 5.88 Å². The van der Waals surface area contributed by atoms with Gasteiger partial charge in [-0.3, -0.25) is 8.42 Å². The first kappa shape index (κ1) is 19.7. The Labute approximate surface area is 100 Å². The molecule has 84 valence electrons. The van der Waals surface area contributed by atoms with E-state index in [9.17, 15) is 8.42 Å². The maximum Gasteiger partial charge on any atom is 0.121 e. The summed E-state index contributed by atoms with van der Waals surface area (Å²) in [5.41, 5.74) is 0. The summed E-state index contributed by atoms with van der Waals surface area (Å²) in [4.78, 5) is -0.406. The normalized spacial score (nSPS) is 9.08. The van der Waals surface area contributed by atoms with Crippen molar-refractivity contribution in [1.82, 2.24) is 0 Å². The third kappa shape index (κ3) is 164. The van der Waals surface area contributed by atoms with Crippen molar-refractivity contribution in [2.45, 2.75) is 4.84 Å². The molecule has 0 rings (SSSR count). The van der Waals surface area contributed by atoms with Crippen molar-refractivity contribution in [3.8, 4) is 0 Å². The average molecular weight is 290 g/mol. The first-order chi connectivity index (χ1) is 5.73. The Hall–Kier alpha value is 1.17. The van der Waals surface area contributed by atoms with Gasteiger partial charge in [0.1, 0.15) is 4.84 Å². The highest BCUT2D eigenvalue weighted by Gasteiger charge is 1.88. The molecular formula is C6H15Cl3O2S2. The molecule has 0 radical (unpaired) electrons. The molecule has 0 aliphatic rings. The predicted molar refractivity (Wildman–Crippen MR) is 66.2 cm³/mol. The van der Waals surface area contributed by atoms with Gasteiger partial charge in [0.15, 0.2) is 0 Å². The second-order valence-electron chi connectivity index (χ2n) is 2.03. The molecule has 0 atom stereocenters. The maximum atomic E-state index is 9.56. The summed E-state index contributed by atoms with van der Waals surface area (Å²) in [5.74, 6) is 0.309. The lowest BCUT2D eigenvalue weighted by Gasteiger charge is -1.82. The van der Waals surface area contributed by atoms with E-state index in [1.165, 1.54) is 0 Å². The van der Waals surface area contributed by atoms with Gasteiger partial charge in [-0.25, -0.2) is 0 Å². The number of rotatable bonds is 1. The molecule has 0 bridgehead atoms. The van der Waals surface area contributed by atoms with Crippen LogP contribution < -0.4 is 0 Å². The fourth-order valence-electron chi connectivity index (χ4n) is 0. The Bertz CT molecular complexity index is 122. The zero-order valence-electron chi connectivity index (χ0n) is 8.05. The Balaban J connectivity index is -0.000000117. The fourth-order valence-corrected chi connectivity index (χ4v) is 0. The van der Waals surface area contributed by atoms with Crippen LogP contribution in [0.3, 0.4) is 0 Å². The number of halogens is 3. The second kappa shape index (κ2) is 15.6. The third-order valence-corrected chi connectivity index (χ3v) is 1.05. The number of hydrogen-bond donors (Lipinski definition) is 0. The van der Waals surface area contributed by atoms with E-state index < -0.39 is 26.4 Å². The molecular weight excluding hydrogens is 275 g/mol. The monoisotopic (exact) mass is 288 g/mol. The van der Waals surface area contributed by atoms with E-state index in [-0.39, 0.29) is 0 Å². The molecule has 0 unspecified atom stereocenters. The van der Waals surface area contributed by atoms with Crippen LogP contribution in [0.15, 0.2) is 0 Å². The summed E-state index contributed by atoms with van der Waals surface area (Å²) in [6, 6.07) is 0. The highest BCUT2D eigenvalue weighted by Crippen LogP contribution is 2.01. The number of alkyl halides is 3. The van der Waals surface area contributed by atoms with Crippen LogP contribution in [0.5, 0.6) is 0 Å². The van der Waals surface area contributed by atoms with Crippen molar-refractivity contribution < 1.29 is 8.42 Å². The SMILES string of the molecule is CS(C)=O.CS(C)=O.ClCC(Cl)Cl. The minimum Gasteiger partial charge on any atom is -0.260 e. The zero-order valence-corrected chi connectivity index (χ0v) is 12.0. The van der Waals surface area contributed by atoms with Crippen molar-refractivity contribution in [2.75, 3.05) is 30.9 Å². The van der Waals surface area contributed by atoms with Crippen molar-refractivity contribution in [1.29, 1.82) is 0 Å². The first-order valence-corrected chi connectivity index (χ1v) is 8.42. The Kier molecular flexibility index (Phi) is 23.7. The molecule has 0 aliphatic carbocycles. The topological polar surface area (TPSA) is 34.1 Å². The molecule has 0 aromatic carbocycles. The van der Waals surface area contributed by atoms with Gasteiger partial charge in [-0.05, 0) is 0 Å². The van der Waals surface area contributed by atoms with Crippen molar-refractivity contribution in [3.05, 3.63) is 0 Å². The van der Waals surface area contributed by atoms with Crippen molar-refractivity contribution in [2.24, 2.45) is 0 Å². The summed E-state index contributed by atoms with van der Waals surface area (Å²) < 4.78 is 19.1. The molecule has 0 saturated heterocycles. The fraction of sp³-hybridized carbons (Fsp3) is 1.00. The van der Waals surface area contributed by atoms with Crippen LogP contribution in [0.25, 0.3) is 0 Å². The maximum absolute atomic E-state index is 9.56. The van der Waals surface area contributed by atoms with Crippen LogP contribution in [0.4, 0.5) is 0 Å². The molecule has 0 N–H and O–H groups in total. The molecule has 0 amide bonds. The van der Waals surface area contributed by atoms with Gasteiger partial charge >= 0.3 is 0 Å². The second-order valence-corrected chi connectivity index (χ2v) is 6.58. The Morgan fingerprint density at radius 3 is 1.08 bits per heavy atom. The van der Waals surface area contributed by atoms with Gasteiger partial charge in [0.05, 0.1) is 5.88 Å². The van der Waals surface area contributed by atoms with Gasteiger partial charge in [0.25, 0.3) is 0 Å². The van der Waals surface area contributed by atoms with Crippen LogP contribution in [0, 0.1) is 0 Å². The molecule has 0 fully saturated rings. The van der Waals surface area contributed by atoms with E-state index in [1.54, 1.807) is 25.0 Å². The van der Waals surface area contributed by atoms with E-state index >= 15 is 0 Å². The average Bonchev–Trinajstić information content (AvgIpc) is 1.84. The standard InChI is InChI=1S/C2H3Cl3.2C2H6OS/c3-1-2(4)5;2*1-4(2)3/h2H,1H2;2*1-2H3. The van der Waals surface area contributed by atoms with Gasteiger partial charge in [-0.1, -0.05) is 0 Å².